The standard InChI is InChI=1S/C17H22N2O2P/c18-16(12-11-14-7-3-1-4-8-14)22(20,21)17(19)13-15-9-5-2-6-10-15/h1-10,17-18,20-21H,11-13,19H2/q+1. The first kappa shape index (κ1) is 16.8. The van der Waals surface area contributed by atoms with Crippen molar-refractivity contribution >= 4 is 13.2 Å². The van der Waals surface area contributed by atoms with Gasteiger partial charge >= 0.3 is 7.72 Å². The molecule has 5 N–H and O–H groups in total. The van der Waals surface area contributed by atoms with Gasteiger partial charge < -0.3 is 0 Å². The molecule has 0 saturated heterocycles. The van der Waals surface area contributed by atoms with Crippen molar-refractivity contribution in [2.24, 2.45) is 5.73 Å². The van der Waals surface area contributed by atoms with E-state index in [1.807, 2.05) is 60.7 Å². The molecule has 0 heterocycles. The molecule has 0 spiro atoms. The van der Waals surface area contributed by atoms with E-state index in [-0.39, 0.29) is 5.45 Å². The maximum atomic E-state index is 10.3. The van der Waals surface area contributed by atoms with Crippen molar-refractivity contribution in [2.45, 2.75) is 25.0 Å². The molecule has 2 rings (SSSR count). The van der Waals surface area contributed by atoms with E-state index >= 15 is 0 Å². The Labute approximate surface area is 131 Å². The van der Waals surface area contributed by atoms with Crippen molar-refractivity contribution in [1.29, 1.82) is 5.41 Å². The van der Waals surface area contributed by atoms with Gasteiger partial charge in [-0.25, -0.2) is 9.79 Å². The van der Waals surface area contributed by atoms with E-state index in [2.05, 4.69) is 0 Å². The molecule has 0 bridgehead atoms. The molecule has 0 aromatic heterocycles. The Morgan fingerprint density at radius 2 is 1.45 bits per heavy atom. The molecule has 1 unspecified atom stereocenters. The molecule has 4 nitrogen and oxygen atoms in total. The lowest BCUT2D eigenvalue weighted by Crippen LogP contribution is -2.30. The molecule has 0 fully saturated rings. The highest BCUT2D eigenvalue weighted by Crippen LogP contribution is 2.55. The highest BCUT2D eigenvalue weighted by molar-refractivity contribution is 7.82. The van der Waals surface area contributed by atoms with Crippen molar-refractivity contribution in [1.82, 2.24) is 0 Å². The molecule has 2 aromatic rings. The van der Waals surface area contributed by atoms with Crippen LogP contribution in [0.1, 0.15) is 17.5 Å². The van der Waals surface area contributed by atoms with E-state index in [0.29, 0.717) is 19.3 Å². The third-order valence-corrected chi connectivity index (χ3v) is 5.77. The lowest BCUT2D eigenvalue weighted by atomic mass is 10.1. The van der Waals surface area contributed by atoms with E-state index in [1.165, 1.54) is 0 Å². The molecule has 0 aliphatic carbocycles. The molecule has 0 aliphatic heterocycles. The van der Waals surface area contributed by atoms with Gasteiger partial charge in [-0.15, -0.1) is 0 Å². The number of nitrogens with two attached hydrogens (primary N) is 1. The summed E-state index contributed by atoms with van der Waals surface area (Å²) in [5.41, 5.74) is 7.94. The van der Waals surface area contributed by atoms with Crippen molar-refractivity contribution in [3.05, 3.63) is 71.8 Å². The lowest BCUT2D eigenvalue weighted by molar-refractivity contribution is 0.447. The molecule has 2 aromatic carbocycles. The normalized spacial score (nSPS) is 12.9. The molecule has 5 heteroatoms. The van der Waals surface area contributed by atoms with Gasteiger partial charge in [0.15, 0.2) is 5.78 Å². The van der Waals surface area contributed by atoms with Gasteiger partial charge in [0.1, 0.15) is 0 Å². The van der Waals surface area contributed by atoms with Gasteiger partial charge in [0.2, 0.25) is 5.45 Å². The van der Waals surface area contributed by atoms with E-state index < -0.39 is 13.5 Å². The number of benzene rings is 2. The van der Waals surface area contributed by atoms with Crippen LogP contribution in [0.2, 0.25) is 0 Å². The average molecular weight is 317 g/mol. The van der Waals surface area contributed by atoms with Crippen LogP contribution in [0, 0.1) is 5.41 Å². The summed E-state index contributed by atoms with van der Waals surface area (Å²) in [6, 6.07) is 19.2. The summed E-state index contributed by atoms with van der Waals surface area (Å²) in [5, 5.41) is 8.01. The average Bonchev–Trinajstić information content (AvgIpc) is 2.54. The summed E-state index contributed by atoms with van der Waals surface area (Å²) >= 11 is 0. The number of hydrogen-bond donors (Lipinski definition) is 4. The van der Waals surface area contributed by atoms with E-state index in [4.69, 9.17) is 11.1 Å². The van der Waals surface area contributed by atoms with E-state index in [9.17, 15) is 9.79 Å². The number of aryl methyl sites for hydroxylation is 1. The Morgan fingerprint density at radius 3 is 2.00 bits per heavy atom. The number of rotatable bonds is 7. The predicted octanol–water partition coefficient (Wildman–Crippen LogP) is 2.96. The van der Waals surface area contributed by atoms with Crippen LogP contribution < -0.4 is 5.73 Å². The molecule has 0 saturated carbocycles. The summed E-state index contributed by atoms with van der Waals surface area (Å²) in [7, 11) is -3.57. The maximum Gasteiger partial charge on any atom is 0.331 e. The molecule has 116 valence electrons. The van der Waals surface area contributed by atoms with Crippen LogP contribution in [0.15, 0.2) is 60.7 Å². The van der Waals surface area contributed by atoms with Crippen LogP contribution >= 0.6 is 7.72 Å². The van der Waals surface area contributed by atoms with Gasteiger partial charge in [0, 0.05) is 12.8 Å². The first-order valence-electron chi connectivity index (χ1n) is 7.26. The van der Waals surface area contributed by atoms with Crippen LogP contribution in [0.25, 0.3) is 0 Å². The Hall–Kier alpha value is -1.58. The van der Waals surface area contributed by atoms with E-state index in [0.717, 1.165) is 11.1 Å². The molecular weight excluding hydrogens is 295 g/mol. The predicted molar refractivity (Wildman–Crippen MR) is 92.0 cm³/mol. The highest BCUT2D eigenvalue weighted by Gasteiger charge is 2.46. The van der Waals surface area contributed by atoms with Gasteiger partial charge in [-0.1, -0.05) is 60.7 Å². The largest absolute Gasteiger partial charge is 0.331 e. The molecule has 0 aliphatic rings. The van der Waals surface area contributed by atoms with Crippen molar-refractivity contribution in [3.8, 4) is 0 Å². The minimum atomic E-state index is -3.57. The zero-order valence-electron chi connectivity index (χ0n) is 12.4. The topological polar surface area (TPSA) is 90.3 Å². The van der Waals surface area contributed by atoms with Crippen LogP contribution in [0.3, 0.4) is 0 Å². The zero-order valence-corrected chi connectivity index (χ0v) is 13.3. The SMILES string of the molecule is N=C(CCc1ccccc1)[P+](O)(O)C(N)Cc1ccccc1. The summed E-state index contributed by atoms with van der Waals surface area (Å²) in [6.07, 6.45) is 1.28. The Kier molecular flexibility index (Phi) is 5.81. The van der Waals surface area contributed by atoms with Crippen molar-refractivity contribution < 1.29 is 9.79 Å². The molecule has 0 amide bonds. The Bertz CT molecular complexity index is 603. The van der Waals surface area contributed by atoms with Crippen molar-refractivity contribution in [2.75, 3.05) is 0 Å². The van der Waals surface area contributed by atoms with Gasteiger partial charge in [-0.3, -0.25) is 11.1 Å². The highest BCUT2D eigenvalue weighted by atomic mass is 31.2. The second kappa shape index (κ2) is 7.61. The fourth-order valence-corrected chi connectivity index (χ4v) is 3.56. The lowest BCUT2D eigenvalue weighted by Gasteiger charge is -2.19. The summed E-state index contributed by atoms with van der Waals surface area (Å²) < 4.78 is 0. The van der Waals surface area contributed by atoms with Crippen LogP contribution in [-0.4, -0.2) is 21.0 Å². The first-order chi connectivity index (χ1) is 10.5. The molecule has 22 heavy (non-hydrogen) atoms. The molecule has 0 radical (unpaired) electrons. The number of hydrogen-bond acceptors (Lipinski definition) is 4. The van der Waals surface area contributed by atoms with Gasteiger partial charge in [0.25, 0.3) is 0 Å². The Balaban J connectivity index is 1.94. The molecular formula is C17H22N2O2P+. The first-order valence-corrected chi connectivity index (χ1v) is 9.02. The van der Waals surface area contributed by atoms with Crippen LogP contribution in [0.5, 0.6) is 0 Å². The second-order valence-electron chi connectivity index (χ2n) is 5.34. The minimum absolute atomic E-state index is 0.0419. The second-order valence-corrected chi connectivity index (χ2v) is 7.84. The maximum absolute atomic E-state index is 10.3. The Morgan fingerprint density at radius 1 is 0.955 bits per heavy atom. The third kappa shape index (κ3) is 4.46. The zero-order chi connectivity index (χ0) is 16.0. The number of nitrogens with one attached hydrogen (secondary N) is 1. The van der Waals surface area contributed by atoms with Crippen LogP contribution in [0.4, 0.5) is 0 Å². The molecule has 1 atom stereocenters. The van der Waals surface area contributed by atoms with Gasteiger partial charge in [-0.05, 0) is 17.5 Å². The minimum Gasteiger partial charge on any atom is -0.291 e. The quantitative estimate of drug-likeness (QED) is 0.467. The van der Waals surface area contributed by atoms with Gasteiger partial charge in [0.05, 0.1) is 0 Å². The fraction of sp³-hybridized carbons (Fsp3) is 0.235. The summed E-state index contributed by atoms with van der Waals surface area (Å²) in [5.74, 6) is -0.821. The smallest absolute Gasteiger partial charge is 0.291 e. The summed E-state index contributed by atoms with van der Waals surface area (Å²) in [6.45, 7) is 0. The third-order valence-electron chi connectivity index (χ3n) is 3.64. The van der Waals surface area contributed by atoms with Gasteiger partial charge in [-0.2, -0.15) is 0 Å². The summed E-state index contributed by atoms with van der Waals surface area (Å²) in [4.78, 5) is 20.6. The fourth-order valence-electron chi connectivity index (χ4n) is 2.26. The van der Waals surface area contributed by atoms with E-state index in [1.54, 1.807) is 0 Å². The van der Waals surface area contributed by atoms with Crippen LogP contribution in [-0.2, 0) is 12.8 Å². The monoisotopic (exact) mass is 317 g/mol. The van der Waals surface area contributed by atoms with Crippen molar-refractivity contribution in [3.63, 3.8) is 0 Å².